The van der Waals surface area contributed by atoms with Gasteiger partial charge >= 0.3 is 6.03 Å². The monoisotopic (exact) mass is 240 g/mol. The zero-order valence-corrected chi connectivity index (χ0v) is 10.9. The lowest BCUT2D eigenvalue weighted by Gasteiger charge is -2.28. The number of hydrogen-bond acceptors (Lipinski definition) is 2. The molecule has 0 aromatic rings. The first-order chi connectivity index (χ1) is 8.04. The van der Waals surface area contributed by atoms with Gasteiger partial charge in [-0.3, -0.25) is 0 Å². The highest BCUT2D eigenvalue weighted by atomic mass is 16.3. The van der Waals surface area contributed by atoms with Crippen LogP contribution in [0, 0.1) is 5.92 Å². The average molecular weight is 240 g/mol. The van der Waals surface area contributed by atoms with Crippen LogP contribution in [0.5, 0.6) is 0 Å². The summed E-state index contributed by atoms with van der Waals surface area (Å²) in [6, 6.07) is 0.333. The molecule has 0 aromatic carbocycles. The Morgan fingerprint density at radius 1 is 1.47 bits per heavy atom. The Kier molecular flexibility index (Phi) is 3.61. The van der Waals surface area contributed by atoms with Crippen LogP contribution in [-0.4, -0.2) is 41.3 Å². The Labute approximate surface area is 103 Å². The normalized spacial score (nSPS) is 30.1. The summed E-state index contributed by atoms with van der Waals surface area (Å²) in [7, 11) is 1.77. The van der Waals surface area contributed by atoms with Crippen LogP contribution in [0.25, 0.3) is 0 Å². The summed E-state index contributed by atoms with van der Waals surface area (Å²) >= 11 is 0. The van der Waals surface area contributed by atoms with Crippen molar-refractivity contribution in [1.29, 1.82) is 0 Å². The van der Waals surface area contributed by atoms with Crippen molar-refractivity contribution in [3.05, 3.63) is 0 Å². The number of amides is 2. The standard InChI is InChI=1S/C13H24N2O2/c1-3-10-8-11(10)14-12(16)15(2)9-13(17)6-4-5-7-13/h10-11,17H,3-9H2,1-2H3,(H,14,16)/t10-,11-/m1/s1. The number of rotatable bonds is 4. The molecular weight excluding hydrogens is 216 g/mol. The van der Waals surface area contributed by atoms with E-state index < -0.39 is 5.60 Å². The molecule has 2 aliphatic carbocycles. The molecule has 98 valence electrons. The Hall–Kier alpha value is -0.770. The molecule has 0 aromatic heterocycles. The van der Waals surface area contributed by atoms with Crippen LogP contribution in [0.15, 0.2) is 0 Å². The van der Waals surface area contributed by atoms with Gasteiger partial charge < -0.3 is 15.3 Å². The summed E-state index contributed by atoms with van der Waals surface area (Å²) in [6.07, 6.45) is 6.05. The molecule has 2 rings (SSSR count). The summed E-state index contributed by atoms with van der Waals surface area (Å²) in [4.78, 5) is 13.5. The fraction of sp³-hybridized carbons (Fsp3) is 0.923. The van der Waals surface area contributed by atoms with Gasteiger partial charge in [-0.05, 0) is 25.2 Å². The van der Waals surface area contributed by atoms with Crippen LogP contribution in [0.3, 0.4) is 0 Å². The third-order valence-corrected chi connectivity index (χ3v) is 4.17. The molecule has 2 atom stereocenters. The first kappa shape index (κ1) is 12.7. The zero-order valence-electron chi connectivity index (χ0n) is 10.9. The third-order valence-electron chi connectivity index (χ3n) is 4.17. The van der Waals surface area contributed by atoms with Crippen molar-refractivity contribution in [3.8, 4) is 0 Å². The minimum Gasteiger partial charge on any atom is -0.388 e. The Bertz CT molecular complexity index is 287. The van der Waals surface area contributed by atoms with Gasteiger partial charge in [-0.15, -0.1) is 0 Å². The average Bonchev–Trinajstić information content (AvgIpc) is 2.90. The Morgan fingerprint density at radius 2 is 2.12 bits per heavy atom. The van der Waals surface area contributed by atoms with Crippen LogP contribution >= 0.6 is 0 Å². The molecule has 2 N–H and O–H groups in total. The number of urea groups is 1. The lowest BCUT2D eigenvalue weighted by atomic mass is 10.0. The fourth-order valence-corrected chi connectivity index (χ4v) is 2.85. The topological polar surface area (TPSA) is 52.6 Å². The van der Waals surface area contributed by atoms with E-state index in [-0.39, 0.29) is 6.03 Å². The summed E-state index contributed by atoms with van der Waals surface area (Å²) in [5.74, 6) is 0.668. The molecule has 0 heterocycles. The van der Waals surface area contributed by atoms with Gasteiger partial charge in [-0.1, -0.05) is 26.2 Å². The molecule has 0 radical (unpaired) electrons. The van der Waals surface area contributed by atoms with Gasteiger partial charge in [0.25, 0.3) is 0 Å². The first-order valence-corrected chi connectivity index (χ1v) is 6.78. The largest absolute Gasteiger partial charge is 0.388 e. The van der Waals surface area contributed by atoms with Crippen LogP contribution in [0.2, 0.25) is 0 Å². The molecule has 17 heavy (non-hydrogen) atoms. The maximum absolute atomic E-state index is 11.9. The molecule has 0 unspecified atom stereocenters. The van der Waals surface area contributed by atoms with Crippen molar-refractivity contribution < 1.29 is 9.90 Å². The van der Waals surface area contributed by atoms with Crippen molar-refractivity contribution in [3.63, 3.8) is 0 Å². The van der Waals surface area contributed by atoms with Crippen molar-refractivity contribution in [2.75, 3.05) is 13.6 Å². The minimum absolute atomic E-state index is 0.0359. The molecule has 0 spiro atoms. The third kappa shape index (κ3) is 3.12. The molecule has 2 saturated carbocycles. The second-order valence-electron chi connectivity index (χ2n) is 5.75. The second kappa shape index (κ2) is 4.84. The van der Waals surface area contributed by atoms with Crippen molar-refractivity contribution in [2.45, 2.75) is 57.1 Å². The summed E-state index contributed by atoms with van der Waals surface area (Å²) in [5.41, 5.74) is -0.639. The molecule has 4 nitrogen and oxygen atoms in total. The van der Waals surface area contributed by atoms with E-state index in [2.05, 4.69) is 12.2 Å². The van der Waals surface area contributed by atoms with Gasteiger partial charge in [0.2, 0.25) is 0 Å². The van der Waals surface area contributed by atoms with E-state index >= 15 is 0 Å². The SMILES string of the molecule is CC[C@@H]1C[C@H]1NC(=O)N(C)CC1(O)CCCC1. The predicted octanol–water partition coefficient (Wildman–Crippen LogP) is 1.73. The van der Waals surface area contributed by atoms with E-state index in [0.717, 1.165) is 38.5 Å². The van der Waals surface area contributed by atoms with E-state index in [1.165, 1.54) is 0 Å². The molecule has 0 aliphatic heterocycles. The highest BCUT2D eigenvalue weighted by Gasteiger charge is 2.38. The number of likely N-dealkylation sites (N-methyl/N-ethyl adjacent to an activating group) is 1. The van der Waals surface area contributed by atoms with Gasteiger partial charge in [0, 0.05) is 13.1 Å². The van der Waals surface area contributed by atoms with E-state index in [9.17, 15) is 9.90 Å². The lowest BCUT2D eigenvalue weighted by molar-refractivity contribution is 0.0246. The van der Waals surface area contributed by atoms with Crippen LogP contribution in [0.4, 0.5) is 4.79 Å². The number of carbonyl (C=O) groups excluding carboxylic acids is 1. The molecular formula is C13H24N2O2. The second-order valence-corrected chi connectivity index (χ2v) is 5.75. The quantitative estimate of drug-likeness (QED) is 0.786. The van der Waals surface area contributed by atoms with Crippen LogP contribution in [-0.2, 0) is 0 Å². The minimum atomic E-state index is -0.639. The fourth-order valence-electron chi connectivity index (χ4n) is 2.85. The van der Waals surface area contributed by atoms with Crippen molar-refractivity contribution >= 4 is 6.03 Å². The number of nitrogens with one attached hydrogen (secondary N) is 1. The summed E-state index contributed by atoms with van der Waals surface area (Å²) in [5, 5.41) is 13.3. The number of nitrogens with zero attached hydrogens (tertiary/aromatic N) is 1. The van der Waals surface area contributed by atoms with Gasteiger partial charge in [-0.25, -0.2) is 4.79 Å². The highest BCUT2D eigenvalue weighted by Crippen LogP contribution is 2.33. The first-order valence-electron chi connectivity index (χ1n) is 6.78. The molecule has 2 aliphatic rings. The number of carbonyl (C=O) groups is 1. The predicted molar refractivity (Wildman–Crippen MR) is 66.8 cm³/mol. The van der Waals surface area contributed by atoms with E-state index in [4.69, 9.17) is 0 Å². The molecule has 2 fully saturated rings. The van der Waals surface area contributed by atoms with Gasteiger partial charge in [0.05, 0.1) is 12.1 Å². The summed E-state index contributed by atoms with van der Waals surface area (Å²) < 4.78 is 0. The van der Waals surface area contributed by atoms with E-state index in [1.807, 2.05) is 0 Å². The Morgan fingerprint density at radius 3 is 2.65 bits per heavy atom. The van der Waals surface area contributed by atoms with Crippen molar-refractivity contribution in [1.82, 2.24) is 10.2 Å². The maximum atomic E-state index is 11.9. The molecule has 0 bridgehead atoms. The van der Waals surface area contributed by atoms with Gasteiger partial charge in [-0.2, -0.15) is 0 Å². The lowest BCUT2D eigenvalue weighted by Crippen LogP contribution is -2.46. The smallest absolute Gasteiger partial charge is 0.317 e. The Balaban J connectivity index is 1.75. The summed E-state index contributed by atoms with van der Waals surface area (Å²) in [6.45, 7) is 2.62. The highest BCUT2D eigenvalue weighted by molar-refractivity contribution is 5.74. The zero-order chi connectivity index (χ0) is 12.5. The van der Waals surface area contributed by atoms with Crippen molar-refractivity contribution in [2.24, 2.45) is 5.92 Å². The van der Waals surface area contributed by atoms with Crippen LogP contribution in [0.1, 0.15) is 45.4 Å². The molecule has 4 heteroatoms. The maximum Gasteiger partial charge on any atom is 0.317 e. The number of aliphatic hydroxyl groups is 1. The number of hydrogen-bond donors (Lipinski definition) is 2. The molecule has 0 saturated heterocycles. The molecule has 2 amide bonds. The van der Waals surface area contributed by atoms with Gasteiger partial charge in [0.1, 0.15) is 0 Å². The van der Waals surface area contributed by atoms with Crippen LogP contribution < -0.4 is 5.32 Å². The van der Waals surface area contributed by atoms with E-state index in [1.54, 1.807) is 11.9 Å². The van der Waals surface area contributed by atoms with Gasteiger partial charge in [0.15, 0.2) is 0 Å². The van der Waals surface area contributed by atoms with E-state index in [0.29, 0.717) is 18.5 Å².